The zero-order chi connectivity index (χ0) is 9.14. The van der Waals surface area contributed by atoms with Crippen LogP contribution in [0.3, 0.4) is 0 Å². The molecule has 0 saturated heterocycles. The Morgan fingerprint density at radius 3 is 2.58 bits per heavy atom. The molecule has 1 N–H and O–H groups in total. The second kappa shape index (κ2) is 3.83. The molecule has 1 nitrogen and oxygen atoms in total. The van der Waals surface area contributed by atoms with Gasteiger partial charge in [0, 0.05) is 6.61 Å². The number of halogens is 3. The molecule has 0 aromatic heterocycles. The monoisotopic (exact) mass is 192 g/mol. The molecule has 1 aromatic carbocycles. The zero-order valence-corrected chi connectivity index (χ0v) is 6.91. The van der Waals surface area contributed by atoms with E-state index < -0.39 is 11.6 Å². The van der Waals surface area contributed by atoms with Crippen molar-refractivity contribution in [1.29, 1.82) is 0 Å². The van der Waals surface area contributed by atoms with E-state index in [-0.39, 0.29) is 23.6 Å². The van der Waals surface area contributed by atoms with Crippen LogP contribution in [0.15, 0.2) is 12.1 Å². The summed E-state index contributed by atoms with van der Waals surface area (Å²) in [5.41, 5.74) is 0.0995. The molecule has 0 radical (unpaired) electrons. The quantitative estimate of drug-likeness (QED) is 0.712. The third-order valence-electron chi connectivity index (χ3n) is 1.45. The van der Waals surface area contributed by atoms with Crippen LogP contribution in [0.2, 0.25) is 5.02 Å². The Morgan fingerprint density at radius 1 is 1.33 bits per heavy atom. The summed E-state index contributed by atoms with van der Waals surface area (Å²) in [7, 11) is 0. The van der Waals surface area contributed by atoms with Crippen molar-refractivity contribution in [3.05, 3.63) is 34.4 Å². The molecule has 1 aromatic rings. The molecule has 0 atom stereocenters. The maximum Gasteiger partial charge on any atom is 0.145 e. The number of aliphatic hydroxyl groups is 1. The molecule has 1 rings (SSSR count). The predicted octanol–water partition coefficient (Wildman–Crippen LogP) is 2.15. The molecule has 12 heavy (non-hydrogen) atoms. The van der Waals surface area contributed by atoms with Gasteiger partial charge in [0.1, 0.15) is 11.6 Å². The van der Waals surface area contributed by atoms with Crippen molar-refractivity contribution >= 4 is 11.6 Å². The van der Waals surface area contributed by atoms with E-state index >= 15 is 0 Å². The summed E-state index contributed by atoms with van der Waals surface area (Å²) in [5.74, 6) is -1.25. The molecule has 0 aliphatic rings. The Kier molecular flexibility index (Phi) is 3.00. The van der Waals surface area contributed by atoms with Gasteiger partial charge in [0.2, 0.25) is 0 Å². The van der Waals surface area contributed by atoms with Gasteiger partial charge in [0.25, 0.3) is 0 Å². The Morgan fingerprint density at radius 2 is 2.00 bits per heavy atom. The van der Waals surface area contributed by atoms with Crippen molar-refractivity contribution in [3.8, 4) is 0 Å². The lowest BCUT2D eigenvalue weighted by molar-refractivity contribution is 0.297. The minimum atomic E-state index is -0.660. The van der Waals surface area contributed by atoms with E-state index in [1.54, 1.807) is 0 Å². The summed E-state index contributed by atoms with van der Waals surface area (Å²) in [5, 5.41) is 8.24. The minimum Gasteiger partial charge on any atom is -0.396 e. The second-order valence-corrected chi connectivity index (χ2v) is 2.74. The van der Waals surface area contributed by atoms with Crippen molar-refractivity contribution < 1.29 is 13.9 Å². The fourth-order valence-corrected chi connectivity index (χ4v) is 1.14. The highest BCUT2D eigenvalue weighted by molar-refractivity contribution is 6.30. The van der Waals surface area contributed by atoms with E-state index in [1.165, 1.54) is 0 Å². The summed E-state index contributed by atoms with van der Waals surface area (Å²) in [4.78, 5) is 0. The van der Waals surface area contributed by atoms with Crippen LogP contribution >= 0.6 is 11.6 Å². The smallest absolute Gasteiger partial charge is 0.145 e. The van der Waals surface area contributed by atoms with Crippen LogP contribution in [0.25, 0.3) is 0 Å². The van der Waals surface area contributed by atoms with Crippen molar-refractivity contribution in [1.82, 2.24) is 0 Å². The zero-order valence-electron chi connectivity index (χ0n) is 6.15. The average Bonchev–Trinajstić information content (AvgIpc) is 2.00. The highest BCUT2D eigenvalue weighted by Gasteiger charge is 2.08. The van der Waals surface area contributed by atoms with Crippen LogP contribution in [-0.2, 0) is 6.42 Å². The molecule has 0 aliphatic heterocycles. The van der Waals surface area contributed by atoms with Gasteiger partial charge in [-0.05, 0) is 24.1 Å². The molecule has 0 heterocycles. The maximum atomic E-state index is 13.0. The summed E-state index contributed by atoms with van der Waals surface area (Å²) < 4.78 is 25.6. The third kappa shape index (κ3) is 1.93. The second-order valence-electron chi connectivity index (χ2n) is 2.33. The minimum absolute atomic E-state index is 0.0727. The maximum absolute atomic E-state index is 13.0. The molecule has 4 heteroatoms. The lowest BCUT2D eigenvalue weighted by atomic mass is 10.1. The molecule has 0 unspecified atom stereocenters. The molecule has 0 fully saturated rings. The largest absolute Gasteiger partial charge is 0.396 e. The number of hydrogen-bond acceptors (Lipinski definition) is 1. The van der Waals surface area contributed by atoms with Gasteiger partial charge in [-0.25, -0.2) is 8.78 Å². The molecule has 0 saturated carbocycles. The molecule has 0 aliphatic carbocycles. The molecule has 0 amide bonds. The van der Waals surface area contributed by atoms with Crippen LogP contribution in [0, 0.1) is 11.6 Å². The highest BCUT2D eigenvalue weighted by Crippen LogP contribution is 2.20. The van der Waals surface area contributed by atoms with E-state index in [1.807, 2.05) is 0 Å². The lowest BCUT2D eigenvalue weighted by Gasteiger charge is -2.02. The van der Waals surface area contributed by atoms with Gasteiger partial charge in [0.05, 0.1) is 5.02 Å². The van der Waals surface area contributed by atoms with Gasteiger partial charge < -0.3 is 5.11 Å². The third-order valence-corrected chi connectivity index (χ3v) is 1.72. The Labute approximate surface area is 73.6 Å². The summed E-state index contributed by atoms with van der Waals surface area (Å²) >= 11 is 5.36. The number of aliphatic hydroxyl groups excluding tert-OH is 1. The van der Waals surface area contributed by atoms with Crippen LogP contribution in [0.4, 0.5) is 8.78 Å². The standard InChI is InChI=1S/C8H7ClF2O/c9-7-4-6(10)3-5(1-2-12)8(7)11/h3-4,12H,1-2H2. The van der Waals surface area contributed by atoms with Gasteiger partial charge in [-0.2, -0.15) is 0 Å². The van der Waals surface area contributed by atoms with Crippen molar-refractivity contribution in [2.24, 2.45) is 0 Å². The lowest BCUT2D eigenvalue weighted by Crippen LogP contribution is -1.96. The summed E-state index contributed by atoms with van der Waals surface area (Å²) in [6, 6.07) is 1.93. The number of benzene rings is 1. The van der Waals surface area contributed by atoms with Crippen LogP contribution in [0.5, 0.6) is 0 Å². The SMILES string of the molecule is OCCc1cc(F)cc(Cl)c1F. The van der Waals surface area contributed by atoms with E-state index in [0.29, 0.717) is 0 Å². The fourth-order valence-electron chi connectivity index (χ4n) is 0.912. The van der Waals surface area contributed by atoms with Crippen LogP contribution < -0.4 is 0 Å². The number of hydrogen-bond donors (Lipinski definition) is 1. The average molecular weight is 193 g/mol. The van der Waals surface area contributed by atoms with E-state index in [2.05, 4.69) is 0 Å². The first kappa shape index (κ1) is 9.42. The molecular weight excluding hydrogens is 186 g/mol. The first-order valence-electron chi connectivity index (χ1n) is 3.39. The van der Waals surface area contributed by atoms with Crippen LogP contribution in [0.1, 0.15) is 5.56 Å². The van der Waals surface area contributed by atoms with Gasteiger partial charge in [-0.1, -0.05) is 11.6 Å². The fraction of sp³-hybridized carbons (Fsp3) is 0.250. The Bertz CT molecular complexity index is 289. The van der Waals surface area contributed by atoms with Crippen LogP contribution in [-0.4, -0.2) is 11.7 Å². The molecule has 0 bridgehead atoms. The Hall–Kier alpha value is -0.670. The van der Waals surface area contributed by atoms with E-state index in [9.17, 15) is 8.78 Å². The van der Waals surface area contributed by atoms with E-state index in [0.717, 1.165) is 12.1 Å². The van der Waals surface area contributed by atoms with Crippen molar-refractivity contribution in [2.75, 3.05) is 6.61 Å². The first-order valence-corrected chi connectivity index (χ1v) is 3.77. The normalized spacial score (nSPS) is 10.3. The van der Waals surface area contributed by atoms with Gasteiger partial charge in [-0.3, -0.25) is 0 Å². The molecule has 0 spiro atoms. The van der Waals surface area contributed by atoms with Gasteiger partial charge in [0.15, 0.2) is 0 Å². The summed E-state index contributed by atoms with van der Waals surface area (Å²) in [6.07, 6.45) is 0.0727. The number of rotatable bonds is 2. The topological polar surface area (TPSA) is 20.2 Å². The van der Waals surface area contributed by atoms with E-state index in [4.69, 9.17) is 16.7 Å². The van der Waals surface area contributed by atoms with Crippen molar-refractivity contribution in [3.63, 3.8) is 0 Å². The molecule has 66 valence electrons. The van der Waals surface area contributed by atoms with Crippen molar-refractivity contribution in [2.45, 2.75) is 6.42 Å². The van der Waals surface area contributed by atoms with Gasteiger partial charge in [-0.15, -0.1) is 0 Å². The predicted molar refractivity (Wildman–Crippen MR) is 42.2 cm³/mol. The first-order chi connectivity index (χ1) is 5.65. The van der Waals surface area contributed by atoms with Gasteiger partial charge >= 0.3 is 0 Å². The summed E-state index contributed by atoms with van der Waals surface area (Å²) in [6.45, 7) is -0.225. The Balaban J connectivity index is 3.09. The molecular formula is C8H7ClF2O. The highest BCUT2D eigenvalue weighted by atomic mass is 35.5.